The molecule has 0 fully saturated rings. The number of aliphatic hydroxyl groups is 1. The lowest BCUT2D eigenvalue weighted by Gasteiger charge is -2.15. The minimum atomic E-state index is -0.456. The van der Waals surface area contributed by atoms with Crippen LogP contribution < -0.4 is 5.32 Å². The van der Waals surface area contributed by atoms with Crippen molar-refractivity contribution in [3.63, 3.8) is 0 Å². The van der Waals surface area contributed by atoms with Gasteiger partial charge in [-0.1, -0.05) is 26.7 Å². The molecule has 2 N–H and O–H groups in total. The number of hydrogen-bond donors (Lipinski definition) is 2. The molecule has 0 rings (SSSR count). The molecular weight excluding hydrogens is 178 g/mol. The van der Waals surface area contributed by atoms with E-state index in [0.717, 1.165) is 25.7 Å². The van der Waals surface area contributed by atoms with E-state index in [1.165, 1.54) is 0 Å². The predicted octanol–water partition coefficient (Wildman–Crippen LogP) is 1.70. The normalized spacial score (nSPS) is 12.9. The van der Waals surface area contributed by atoms with Crippen LogP contribution in [0.3, 0.4) is 0 Å². The minimum absolute atomic E-state index is 0.0922. The number of hydrogen-bond acceptors (Lipinski definition) is 2. The predicted molar refractivity (Wildman–Crippen MR) is 58.0 cm³/mol. The molecule has 3 heteroatoms. The van der Waals surface area contributed by atoms with Crippen molar-refractivity contribution in [2.45, 2.75) is 52.6 Å². The van der Waals surface area contributed by atoms with Crippen molar-refractivity contribution < 1.29 is 9.90 Å². The monoisotopic (exact) mass is 201 g/mol. The Morgan fingerprint density at radius 2 is 1.79 bits per heavy atom. The second-order valence-electron chi connectivity index (χ2n) is 3.87. The second-order valence-corrected chi connectivity index (χ2v) is 3.87. The summed E-state index contributed by atoms with van der Waals surface area (Å²) in [5.74, 6) is 0.221. The third-order valence-corrected chi connectivity index (χ3v) is 2.22. The molecule has 1 amide bonds. The summed E-state index contributed by atoms with van der Waals surface area (Å²) in [7, 11) is 0. The van der Waals surface area contributed by atoms with E-state index >= 15 is 0 Å². The highest BCUT2D eigenvalue weighted by atomic mass is 16.3. The lowest BCUT2D eigenvalue weighted by Crippen LogP contribution is -2.35. The molecule has 1 atom stereocenters. The van der Waals surface area contributed by atoms with E-state index in [1.807, 2.05) is 0 Å². The standard InChI is InChI=1S/C11H23NO2/c1-4-6-10(7-5-2)11(14)12-8-9(3)13/h9-10,13H,4-8H2,1-3H3,(H,12,14). The molecule has 0 radical (unpaired) electrons. The van der Waals surface area contributed by atoms with E-state index in [-0.39, 0.29) is 11.8 Å². The van der Waals surface area contributed by atoms with E-state index in [1.54, 1.807) is 6.92 Å². The summed E-state index contributed by atoms with van der Waals surface area (Å²) < 4.78 is 0. The SMILES string of the molecule is CCCC(CCC)C(=O)NCC(C)O. The van der Waals surface area contributed by atoms with Gasteiger partial charge in [-0.3, -0.25) is 4.79 Å². The van der Waals surface area contributed by atoms with Crippen LogP contribution in [-0.4, -0.2) is 23.7 Å². The first-order valence-corrected chi connectivity index (χ1v) is 5.57. The Bertz CT molecular complexity index is 151. The van der Waals surface area contributed by atoms with Gasteiger partial charge < -0.3 is 10.4 Å². The molecule has 0 aliphatic carbocycles. The number of nitrogens with one attached hydrogen (secondary N) is 1. The lowest BCUT2D eigenvalue weighted by atomic mass is 9.97. The first-order valence-electron chi connectivity index (χ1n) is 5.57. The van der Waals surface area contributed by atoms with Crippen molar-refractivity contribution in [2.24, 2.45) is 5.92 Å². The summed E-state index contributed by atoms with van der Waals surface area (Å²) in [5, 5.41) is 11.8. The molecule has 0 saturated heterocycles. The molecule has 0 aliphatic heterocycles. The topological polar surface area (TPSA) is 49.3 Å². The molecule has 1 unspecified atom stereocenters. The number of rotatable bonds is 7. The largest absolute Gasteiger partial charge is 0.392 e. The maximum Gasteiger partial charge on any atom is 0.223 e. The highest BCUT2D eigenvalue weighted by Crippen LogP contribution is 2.13. The first-order chi connectivity index (χ1) is 6.61. The molecular formula is C11H23NO2. The van der Waals surface area contributed by atoms with Crippen molar-refractivity contribution in [3.8, 4) is 0 Å². The van der Waals surface area contributed by atoms with Gasteiger partial charge in [0.05, 0.1) is 6.10 Å². The third kappa shape index (κ3) is 5.97. The Hall–Kier alpha value is -0.570. The maximum absolute atomic E-state index is 11.6. The summed E-state index contributed by atoms with van der Waals surface area (Å²) in [6.45, 7) is 6.22. The van der Waals surface area contributed by atoms with Crippen LogP contribution in [0.5, 0.6) is 0 Å². The molecule has 0 aromatic rings. The Labute approximate surface area is 86.9 Å². The van der Waals surface area contributed by atoms with Gasteiger partial charge in [0.1, 0.15) is 0 Å². The summed E-state index contributed by atoms with van der Waals surface area (Å²) in [5.41, 5.74) is 0. The van der Waals surface area contributed by atoms with E-state index < -0.39 is 6.10 Å². The third-order valence-electron chi connectivity index (χ3n) is 2.22. The van der Waals surface area contributed by atoms with Gasteiger partial charge in [-0.2, -0.15) is 0 Å². The number of aliphatic hydroxyl groups excluding tert-OH is 1. The molecule has 0 aromatic carbocycles. The van der Waals surface area contributed by atoms with Crippen LogP contribution in [0.4, 0.5) is 0 Å². The molecule has 14 heavy (non-hydrogen) atoms. The fourth-order valence-corrected chi connectivity index (χ4v) is 1.50. The van der Waals surface area contributed by atoms with Crippen LogP contribution in [0.15, 0.2) is 0 Å². The highest BCUT2D eigenvalue weighted by molar-refractivity contribution is 5.78. The fraction of sp³-hybridized carbons (Fsp3) is 0.909. The Kier molecular flexibility index (Phi) is 7.48. The van der Waals surface area contributed by atoms with Gasteiger partial charge in [0.25, 0.3) is 0 Å². The molecule has 0 bridgehead atoms. The first kappa shape index (κ1) is 13.4. The van der Waals surface area contributed by atoms with Gasteiger partial charge in [0.15, 0.2) is 0 Å². The van der Waals surface area contributed by atoms with Crippen molar-refractivity contribution in [1.82, 2.24) is 5.32 Å². The Morgan fingerprint density at radius 3 is 2.14 bits per heavy atom. The zero-order chi connectivity index (χ0) is 11.0. The summed E-state index contributed by atoms with van der Waals surface area (Å²) in [4.78, 5) is 11.6. The molecule has 0 spiro atoms. The van der Waals surface area contributed by atoms with Gasteiger partial charge in [0.2, 0.25) is 5.91 Å². The molecule has 3 nitrogen and oxygen atoms in total. The quantitative estimate of drug-likeness (QED) is 0.658. The molecule has 0 aliphatic rings. The second kappa shape index (κ2) is 7.80. The van der Waals surface area contributed by atoms with E-state index in [9.17, 15) is 4.79 Å². The smallest absolute Gasteiger partial charge is 0.223 e. The van der Waals surface area contributed by atoms with Crippen LogP contribution in [0.1, 0.15) is 46.5 Å². The highest BCUT2D eigenvalue weighted by Gasteiger charge is 2.16. The van der Waals surface area contributed by atoms with Crippen molar-refractivity contribution in [1.29, 1.82) is 0 Å². The number of carbonyl (C=O) groups excluding carboxylic acids is 1. The van der Waals surface area contributed by atoms with Crippen LogP contribution in [-0.2, 0) is 4.79 Å². The summed E-state index contributed by atoms with van der Waals surface area (Å²) >= 11 is 0. The van der Waals surface area contributed by atoms with Gasteiger partial charge in [-0.05, 0) is 19.8 Å². The maximum atomic E-state index is 11.6. The van der Waals surface area contributed by atoms with Crippen molar-refractivity contribution in [3.05, 3.63) is 0 Å². The van der Waals surface area contributed by atoms with Crippen molar-refractivity contribution in [2.75, 3.05) is 6.54 Å². The zero-order valence-corrected chi connectivity index (χ0v) is 9.55. The molecule has 0 aromatic heterocycles. The van der Waals surface area contributed by atoms with Gasteiger partial charge >= 0.3 is 0 Å². The average Bonchev–Trinajstić information content (AvgIpc) is 2.14. The van der Waals surface area contributed by atoms with Crippen LogP contribution >= 0.6 is 0 Å². The summed E-state index contributed by atoms with van der Waals surface area (Å²) in [6.07, 6.45) is 3.50. The van der Waals surface area contributed by atoms with E-state index in [0.29, 0.717) is 6.54 Å². The fourth-order valence-electron chi connectivity index (χ4n) is 1.50. The van der Waals surface area contributed by atoms with Crippen LogP contribution in [0.25, 0.3) is 0 Å². The zero-order valence-electron chi connectivity index (χ0n) is 9.55. The minimum Gasteiger partial charge on any atom is -0.392 e. The van der Waals surface area contributed by atoms with Crippen LogP contribution in [0, 0.1) is 5.92 Å². The van der Waals surface area contributed by atoms with Gasteiger partial charge in [-0.25, -0.2) is 0 Å². The lowest BCUT2D eigenvalue weighted by molar-refractivity contribution is -0.125. The average molecular weight is 201 g/mol. The van der Waals surface area contributed by atoms with Crippen LogP contribution in [0.2, 0.25) is 0 Å². The van der Waals surface area contributed by atoms with Gasteiger partial charge in [0, 0.05) is 12.5 Å². The van der Waals surface area contributed by atoms with Crippen molar-refractivity contribution >= 4 is 5.91 Å². The molecule has 0 saturated carbocycles. The van der Waals surface area contributed by atoms with E-state index in [4.69, 9.17) is 5.11 Å². The summed E-state index contributed by atoms with van der Waals surface area (Å²) in [6, 6.07) is 0. The Morgan fingerprint density at radius 1 is 1.29 bits per heavy atom. The molecule has 0 heterocycles. The van der Waals surface area contributed by atoms with E-state index in [2.05, 4.69) is 19.2 Å². The number of amides is 1. The Balaban J connectivity index is 3.88. The van der Waals surface area contributed by atoms with Gasteiger partial charge in [-0.15, -0.1) is 0 Å². The molecule has 84 valence electrons. The number of carbonyl (C=O) groups is 1.